The molecule has 0 saturated carbocycles. The summed E-state index contributed by atoms with van der Waals surface area (Å²) in [5.41, 5.74) is -0.338. The van der Waals surface area contributed by atoms with Crippen molar-refractivity contribution in [2.75, 3.05) is 0 Å². The fourth-order valence-electron chi connectivity index (χ4n) is 4.38. The summed E-state index contributed by atoms with van der Waals surface area (Å²) in [6.07, 6.45) is 3.07. The van der Waals surface area contributed by atoms with Gasteiger partial charge < -0.3 is 9.84 Å². The van der Waals surface area contributed by atoms with E-state index in [4.69, 9.17) is 9.73 Å². The topological polar surface area (TPSA) is 58.9 Å². The Balaban J connectivity index is 2.59. The molecule has 1 aliphatic rings. The summed E-state index contributed by atoms with van der Waals surface area (Å²) < 4.78 is 6.04. The average molecular weight is 414 g/mol. The SMILES string of the molecule is CCCCC(=NC(C)(C)CC(C)(C)C)C1(O)C(=O)C(c2ccccc2)=C1OC(C)C. The van der Waals surface area contributed by atoms with Gasteiger partial charge in [-0.3, -0.25) is 9.79 Å². The number of nitrogens with zero attached hydrogens (tertiary/aromatic N) is 1. The molecule has 30 heavy (non-hydrogen) atoms. The van der Waals surface area contributed by atoms with E-state index in [0.29, 0.717) is 23.5 Å². The highest BCUT2D eigenvalue weighted by Gasteiger charge is 2.58. The van der Waals surface area contributed by atoms with Gasteiger partial charge in [-0.2, -0.15) is 0 Å². The molecule has 1 N–H and O–H groups in total. The molecule has 1 aromatic carbocycles. The van der Waals surface area contributed by atoms with Gasteiger partial charge in [0.15, 0.2) is 5.76 Å². The van der Waals surface area contributed by atoms with Crippen molar-refractivity contribution in [2.45, 2.75) is 98.3 Å². The Morgan fingerprint density at radius 1 is 1.13 bits per heavy atom. The number of ketones is 1. The molecule has 1 aliphatic carbocycles. The van der Waals surface area contributed by atoms with Gasteiger partial charge in [0.25, 0.3) is 0 Å². The fourth-order valence-corrected chi connectivity index (χ4v) is 4.38. The molecule has 4 heteroatoms. The van der Waals surface area contributed by atoms with Crippen molar-refractivity contribution in [3.8, 4) is 0 Å². The van der Waals surface area contributed by atoms with Crippen LogP contribution in [-0.4, -0.2) is 33.8 Å². The Morgan fingerprint density at radius 2 is 1.73 bits per heavy atom. The molecule has 1 unspecified atom stereocenters. The van der Waals surface area contributed by atoms with Crippen molar-refractivity contribution in [1.29, 1.82) is 0 Å². The minimum Gasteiger partial charge on any atom is -0.491 e. The van der Waals surface area contributed by atoms with E-state index in [1.54, 1.807) is 0 Å². The Morgan fingerprint density at radius 3 is 2.23 bits per heavy atom. The van der Waals surface area contributed by atoms with Crippen LogP contribution in [-0.2, 0) is 9.53 Å². The molecule has 0 heterocycles. The summed E-state index contributed by atoms with van der Waals surface area (Å²) >= 11 is 0. The number of aliphatic hydroxyl groups is 1. The molecule has 0 fully saturated rings. The minimum absolute atomic E-state index is 0.0808. The molecule has 1 aromatic rings. The van der Waals surface area contributed by atoms with Crippen LogP contribution in [0.5, 0.6) is 0 Å². The first kappa shape index (κ1) is 24.3. The van der Waals surface area contributed by atoms with Crippen molar-refractivity contribution in [3.05, 3.63) is 41.7 Å². The van der Waals surface area contributed by atoms with Crippen LogP contribution in [0.2, 0.25) is 0 Å². The van der Waals surface area contributed by atoms with Gasteiger partial charge in [0.05, 0.1) is 22.9 Å². The second-order valence-corrected chi connectivity index (χ2v) is 10.5. The second-order valence-electron chi connectivity index (χ2n) is 10.5. The summed E-state index contributed by atoms with van der Waals surface area (Å²) in [6.45, 7) is 16.6. The first-order valence-electron chi connectivity index (χ1n) is 11.1. The van der Waals surface area contributed by atoms with Crippen molar-refractivity contribution in [2.24, 2.45) is 10.4 Å². The summed E-state index contributed by atoms with van der Waals surface area (Å²) in [6, 6.07) is 9.44. The lowest BCUT2D eigenvalue weighted by Gasteiger charge is -2.42. The van der Waals surface area contributed by atoms with E-state index in [1.165, 1.54) is 0 Å². The van der Waals surface area contributed by atoms with Crippen molar-refractivity contribution in [1.82, 2.24) is 0 Å². The number of hydrogen-bond acceptors (Lipinski definition) is 4. The molecule has 0 saturated heterocycles. The van der Waals surface area contributed by atoms with Crippen LogP contribution in [0, 0.1) is 5.41 Å². The van der Waals surface area contributed by atoms with Crippen LogP contribution in [0.25, 0.3) is 5.57 Å². The van der Waals surface area contributed by atoms with Gasteiger partial charge in [-0.25, -0.2) is 0 Å². The molecule has 1 atom stereocenters. The molecular weight excluding hydrogens is 374 g/mol. The van der Waals surface area contributed by atoms with E-state index < -0.39 is 11.1 Å². The van der Waals surface area contributed by atoms with E-state index >= 15 is 0 Å². The molecule has 0 radical (unpaired) electrons. The lowest BCUT2D eigenvalue weighted by atomic mass is 9.70. The number of rotatable bonds is 9. The number of ether oxygens (including phenoxy) is 1. The van der Waals surface area contributed by atoms with Gasteiger partial charge in [0.1, 0.15) is 0 Å². The Bertz CT molecular complexity index is 812. The predicted octanol–water partition coefficient (Wildman–Crippen LogP) is 5.98. The standard InChI is InChI=1S/C26H39NO3/c1-9-10-16-20(27-25(7,8)17-24(4,5)6)26(29)22(28)21(23(26)30-18(2)3)19-14-12-11-13-15-19/h11-15,18,29H,9-10,16-17H2,1-8H3. The van der Waals surface area contributed by atoms with Crippen LogP contribution < -0.4 is 0 Å². The molecule has 2 rings (SSSR count). The summed E-state index contributed by atoms with van der Waals surface area (Å²) in [7, 11) is 0. The van der Waals surface area contributed by atoms with Gasteiger partial charge in [-0.15, -0.1) is 0 Å². The van der Waals surface area contributed by atoms with E-state index in [9.17, 15) is 9.90 Å². The van der Waals surface area contributed by atoms with E-state index in [1.807, 2.05) is 44.2 Å². The van der Waals surface area contributed by atoms with Gasteiger partial charge in [-0.1, -0.05) is 64.4 Å². The maximum absolute atomic E-state index is 13.4. The van der Waals surface area contributed by atoms with Crippen LogP contribution >= 0.6 is 0 Å². The Labute approximate surface area is 182 Å². The smallest absolute Gasteiger partial charge is 0.224 e. The van der Waals surface area contributed by atoms with Crippen LogP contribution in [0.3, 0.4) is 0 Å². The number of hydrogen-bond donors (Lipinski definition) is 1. The number of Topliss-reactive ketones (excluding diaryl/α,β-unsaturated/α-hetero) is 1. The largest absolute Gasteiger partial charge is 0.491 e. The Kier molecular flexibility index (Phi) is 7.34. The lowest BCUT2D eigenvalue weighted by molar-refractivity contribution is -0.130. The Hall–Kier alpha value is -1.94. The molecule has 4 nitrogen and oxygen atoms in total. The third kappa shape index (κ3) is 5.40. The van der Waals surface area contributed by atoms with Gasteiger partial charge >= 0.3 is 0 Å². The van der Waals surface area contributed by atoms with Crippen LogP contribution in [0.15, 0.2) is 41.1 Å². The van der Waals surface area contributed by atoms with Crippen molar-refractivity contribution in [3.63, 3.8) is 0 Å². The number of benzene rings is 1. The third-order valence-corrected chi connectivity index (χ3v) is 5.11. The normalized spacial score (nSPS) is 20.6. The number of carbonyl (C=O) groups is 1. The first-order valence-corrected chi connectivity index (χ1v) is 11.1. The number of aliphatic imine (C=N–C) groups is 1. The zero-order chi connectivity index (χ0) is 22.7. The highest BCUT2D eigenvalue weighted by atomic mass is 16.5. The summed E-state index contributed by atoms with van der Waals surface area (Å²) in [4.78, 5) is 18.4. The zero-order valence-corrected chi connectivity index (χ0v) is 20.0. The molecule has 0 bridgehead atoms. The van der Waals surface area contributed by atoms with Gasteiger partial charge in [0, 0.05) is 0 Å². The second kappa shape index (κ2) is 9.05. The average Bonchev–Trinajstić information content (AvgIpc) is 2.62. The maximum Gasteiger partial charge on any atom is 0.224 e. The number of unbranched alkanes of at least 4 members (excludes halogenated alkanes) is 1. The van der Waals surface area contributed by atoms with Gasteiger partial charge in [0.2, 0.25) is 11.4 Å². The quantitative estimate of drug-likeness (QED) is 0.506. The van der Waals surface area contributed by atoms with E-state index in [0.717, 1.165) is 24.8 Å². The fraction of sp³-hybridized carbons (Fsp3) is 0.615. The molecule has 0 aromatic heterocycles. The van der Waals surface area contributed by atoms with Gasteiger partial charge in [-0.05, 0) is 57.9 Å². The first-order chi connectivity index (χ1) is 13.8. The highest BCUT2D eigenvalue weighted by Crippen LogP contribution is 2.45. The molecule has 0 amide bonds. The monoisotopic (exact) mass is 413 g/mol. The van der Waals surface area contributed by atoms with Crippen LogP contribution in [0.1, 0.15) is 86.6 Å². The summed E-state index contributed by atoms with van der Waals surface area (Å²) in [5, 5.41) is 11.7. The zero-order valence-electron chi connectivity index (χ0n) is 20.0. The van der Waals surface area contributed by atoms with Crippen molar-refractivity contribution < 1.29 is 14.6 Å². The molecule has 0 aliphatic heterocycles. The predicted molar refractivity (Wildman–Crippen MR) is 125 cm³/mol. The highest BCUT2D eigenvalue weighted by molar-refractivity contribution is 6.42. The minimum atomic E-state index is -1.78. The molecule has 0 spiro atoms. The van der Waals surface area contributed by atoms with E-state index in [2.05, 4.69) is 41.5 Å². The third-order valence-electron chi connectivity index (χ3n) is 5.11. The maximum atomic E-state index is 13.4. The lowest BCUT2D eigenvalue weighted by Crippen LogP contribution is -2.58. The van der Waals surface area contributed by atoms with Crippen molar-refractivity contribution >= 4 is 17.1 Å². The molecular formula is C26H39NO3. The van der Waals surface area contributed by atoms with Crippen LogP contribution in [0.4, 0.5) is 0 Å². The summed E-state index contributed by atoms with van der Waals surface area (Å²) in [5.74, 6) is 0.0286. The number of carbonyl (C=O) groups excluding carboxylic acids is 1. The van der Waals surface area contributed by atoms with E-state index in [-0.39, 0.29) is 17.3 Å². The molecule has 166 valence electrons.